The van der Waals surface area contributed by atoms with E-state index in [0.29, 0.717) is 38.1 Å². The summed E-state index contributed by atoms with van der Waals surface area (Å²) >= 11 is 3.39. The van der Waals surface area contributed by atoms with Crippen LogP contribution in [0.3, 0.4) is 0 Å². The summed E-state index contributed by atoms with van der Waals surface area (Å²) in [5, 5.41) is 3.07. The monoisotopic (exact) mass is 444 g/mol. The molecule has 0 bridgehead atoms. The summed E-state index contributed by atoms with van der Waals surface area (Å²) in [6.07, 6.45) is 2.76. The highest BCUT2D eigenvalue weighted by Crippen LogP contribution is 2.15. The number of hydrogen-bond donors (Lipinski definition) is 1. The molecular formula is C22H25BrN2O3. The second kappa shape index (κ2) is 10.3. The highest BCUT2D eigenvalue weighted by Gasteiger charge is 2.23. The molecule has 0 radical (unpaired) electrons. The Kier molecular flexibility index (Phi) is 7.48. The lowest BCUT2D eigenvalue weighted by Gasteiger charge is -2.32. The van der Waals surface area contributed by atoms with Crippen LogP contribution in [0.4, 0.5) is 0 Å². The Morgan fingerprint density at radius 2 is 1.82 bits per heavy atom. The maximum Gasteiger partial charge on any atom is 0.251 e. The molecule has 2 aromatic carbocycles. The molecule has 0 saturated carbocycles. The molecule has 1 fully saturated rings. The molecule has 28 heavy (non-hydrogen) atoms. The summed E-state index contributed by atoms with van der Waals surface area (Å²) in [7, 11) is 0. The molecule has 0 atom stereocenters. The normalized spacial score (nSPS) is 14.5. The van der Waals surface area contributed by atoms with E-state index in [0.717, 1.165) is 23.1 Å². The Balaban J connectivity index is 1.35. The predicted molar refractivity (Wildman–Crippen MR) is 112 cm³/mol. The lowest BCUT2D eigenvalue weighted by molar-refractivity contribution is -0.132. The second-order valence-electron chi connectivity index (χ2n) is 6.90. The molecule has 0 aliphatic carbocycles. The molecule has 1 aliphatic heterocycles. The number of carbonyl (C=O) groups excluding carboxylic acids is 2. The van der Waals surface area contributed by atoms with E-state index in [9.17, 15) is 9.59 Å². The minimum absolute atomic E-state index is 0.0656. The van der Waals surface area contributed by atoms with Crippen molar-refractivity contribution in [1.82, 2.24) is 10.2 Å². The number of likely N-dealkylation sites (tertiary alicyclic amines) is 1. The highest BCUT2D eigenvalue weighted by atomic mass is 79.9. The molecule has 0 aromatic heterocycles. The molecule has 1 heterocycles. The maximum atomic E-state index is 12.4. The van der Waals surface area contributed by atoms with Gasteiger partial charge in [-0.3, -0.25) is 9.59 Å². The number of benzene rings is 2. The molecule has 0 spiro atoms. The van der Waals surface area contributed by atoms with Gasteiger partial charge in [0.1, 0.15) is 5.75 Å². The van der Waals surface area contributed by atoms with Crippen molar-refractivity contribution in [2.75, 3.05) is 19.7 Å². The summed E-state index contributed by atoms with van der Waals surface area (Å²) in [6.45, 7) is 1.90. The van der Waals surface area contributed by atoms with Gasteiger partial charge in [-0.1, -0.05) is 40.2 Å². The Morgan fingerprint density at radius 1 is 1.07 bits per heavy atom. The fourth-order valence-electron chi connectivity index (χ4n) is 3.26. The molecule has 1 aliphatic rings. The van der Waals surface area contributed by atoms with E-state index in [1.54, 1.807) is 6.07 Å². The van der Waals surface area contributed by atoms with Gasteiger partial charge in [0.05, 0.1) is 6.61 Å². The quantitative estimate of drug-likeness (QED) is 0.655. The summed E-state index contributed by atoms with van der Waals surface area (Å²) < 4.78 is 6.52. The van der Waals surface area contributed by atoms with E-state index < -0.39 is 0 Å². The first kappa shape index (κ1) is 20.4. The number of ether oxygens (including phenoxy) is 1. The molecular weight excluding hydrogens is 420 g/mol. The molecule has 2 amide bonds. The van der Waals surface area contributed by atoms with Crippen LogP contribution in [0.5, 0.6) is 5.75 Å². The van der Waals surface area contributed by atoms with Gasteiger partial charge in [0.2, 0.25) is 5.91 Å². The van der Waals surface area contributed by atoms with Crippen molar-refractivity contribution in [3.8, 4) is 5.75 Å². The number of hydrogen-bond acceptors (Lipinski definition) is 3. The molecule has 5 nitrogen and oxygen atoms in total. The fourth-order valence-corrected chi connectivity index (χ4v) is 3.66. The van der Waals surface area contributed by atoms with Crippen LogP contribution >= 0.6 is 15.9 Å². The highest BCUT2D eigenvalue weighted by molar-refractivity contribution is 9.10. The van der Waals surface area contributed by atoms with E-state index in [-0.39, 0.29) is 17.9 Å². The number of rotatable bonds is 7. The average molecular weight is 445 g/mol. The lowest BCUT2D eigenvalue weighted by Crippen LogP contribution is -2.46. The smallest absolute Gasteiger partial charge is 0.251 e. The van der Waals surface area contributed by atoms with E-state index >= 15 is 0 Å². The Hall–Kier alpha value is -2.34. The van der Waals surface area contributed by atoms with Gasteiger partial charge in [-0.15, -0.1) is 0 Å². The molecule has 1 N–H and O–H groups in total. The first-order chi connectivity index (χ1) is 13.6. The van der Waals surface area contributed by atoms with Crippen LogP contribution in [0.15, 0.2) is 59.1 Å². The SMILES string of the molecule is O=C(NC1CCN(C(=O)CCCOc2ccccc2)CC1)c1cccc(Br)c1. The van der Waals surface area contributed by atoms with Gasteiger partial charge in [0.15, 0.2) is 0 Å². The van der Waals surface area contributed by atoms with Crippen molar-refractivity contribution >= 4 is 27.7 Å². The number of para-hydroxylation sites is 1. The van der Waals surface area contributed by atoms with Crippen LogP contribution in [0.25, 0.3) is 0 Å². The zero-order chi connectivity index (χ0) is 19.8. The molecule has 148 valence electrons. The van der Waals surface area contributed by atoms with Crippen LogP contribution in [0.2, 0.25) is 0 Å². The number of nitrogens with zero attached hydrogens (tertiary/aromatic N) is 1. The van der Waals surface area contributed by atoms with Crippen LogP contribution in [0, 0.1) is 0 Å². The summed E-state index contributed by atoms with van der Waals surface area (Å²) in [4.78, 5) is 26.6. The number of amides is 2. The van der Waals surface area contributed by atoms with Crippen molar-refractivity contribution in [2.24, 2.45) is 0 Å². The number of halogens is 1. The third kappa shape index (κ3) is 6.09. The van der Waals surface area contributed by atoms with Crippen LogP contribution < -0.4 is 10.1 Å². The van der Waals surface area contributed by atoms with Crippen molar-refractivity contribution in [2.45, 2.75) is 31.7 Å². The summed E-state index contributed by atoms with van der Waals surface area (Å²) in [6, 6.07) is 17.1. The van der Waals surface area contributed by atoms with Crippen LogP contribution in [-0.2, 0) is 4.79 Å². The van der Waals surface area contributed by atoms with Crippen molar-refractivity contribution in [3.63, 3.8) is 0 Å². The minimum Gasteiger partial charge on any atom is -0.494 e. The van der Waals surface area contributed by atoms with Crippen molar-refractivity contribution < 1.29 is 14.3 Å². The first-order valence-corrected chi connectivity index (χ1v) is 10.4. The van der Waals surface area contributed by atoms with Crippen molar-refractivity contribution in [3.05, 3.63) is 64.6 Å². The van der Waals surface area contributed by atoms with Gasteiger partial charge in [0, 0.05) is 35.6 Å². The first-order valence-electron chi connectivity index (χ1n) is 9.64. The number of piperidine rings is 1. The van der Waals surface area contributed by atoms with Crippen molar-refractivity contribution in [1.29, 1.82) is 0 Å². The zero-order valence-corrected chi connectivity index (χ0v) is 17.4. The van der Waals surface area contributed by atoms with Gasteiger partial charge in [-0.25, -0.2) is 0 Å². The van der Waals surface area contributed by atoms with Gasteiger partial charge >= 0.3 is 0 Å². The molecule has 6 heteroatoms. The summed E-state index contributed by atoms with van der Waals surface area (Å²) in [5.74, 6) is 0.925. The minimum atomic E-state index is -0.0656. The second-order valence-corrected chi connectivity index (χ2v) is 7.82. The molecule has 2 aromatic rings. The summed E-state index contributed by atoms with van der Waals surface area (Å²) in [5.41, 5.74) is 0.645. The lowest BCUT2D eigenvalue weighted by atomic mass is 10.0. The van der Waals surface area contributed by atoms with E-state index in [2.05, 4.69) is 21.2 Å². The topological polar surface area (TPSA) is 58.6 Å². The standard InChI is InChI=1S/C22H25BrN2O3/c23-18-7-4-6-17(16-18)22(27)24-19-11-13-25(14-12-19)21(26)10-5-15-28-20-8-2-1-3-9-20/h1-4,6-9,16,19H,5,10-15H2,(H,24,27). The molecule has 3 rings (SSSR count). The Labute approximate surface area is 174 Å². The Morgan fingerprint density at radius 3 is 2.54 bits per heavy atom. The van der Waals surface area contributed by atoms with Gasteiger partial charge < -0.3 is 15.0 Å². The zero-order valence-electron chi connectivity index (χ0n) is 15.8. The molecule has 0 unspecified atom stereocenters. The maximum absolute atomic E-state index is 12.4. The van der Waals surface area contributed by atoms with Gasteiger partial charge in [-0.05, 0) is 49.6 Å². The fraction of sp³-hybridized carbons (Fsp3) is 0.364. The number of nitrogens with one attached hydrogen (secondary N) is 1. The van der Waals surface area contributed by atoms with E-state index in [1.165, 1.54) is 0 Å². The third-order valence-corrected chi connectivity index (χ3v) is 5.31. The molecule has 1 saturated heterocycles. The number of carbonyl (C=O) groups is 2. The Bertz CT molecular complexity index is 789. The third-order valence-electron chi connectivity index (χ3n) is 4.82. The predicted octanol–water partition coefficient (Wildman–Crippen LogP) is 4.03. The van der Waals surface area contributed by atoms with Crippen LogP contribution in [0.1, 0.15) is 36.0 Å². The van der Waals surface area contributed by atoms with E-state index in [4.69, 9.17) is 4.74 Å². The van der Waals surface area contributed by atoms with E-state index in [1.807, 2.05) is 53.4 Å². The van der Waals surface area contributed by atoms with Gasteiger partial charge in [0.25, 0.3) is 5.91 Å². The largest absolute Gasteiger partial charge is 0.494 e. The van der Waals surface area contributed by atoms with Crippen LogP contribution in [-0.4, -0.2) is 42.5 Å². The van der Waals surface area contributed by atoms with Gasteiger partial charge in [-0.2, -0.15) is 0 Å². The average Bonchev–Trinajstić information content (AvgIpc) is 2.72.